The molecular weight excluding hydrogens is 358 g/mol. The summed E-state index contributed by atoms with van der Waals surface area (Å²) in [6.07, 6.45) is 0. The molecule has 3 aromatic carbocycles. The highest BCUT2D eigenvalue weighted by Gasteiger charge is 2.19. The Morgan fingerprint density at radius 2 is 1.63 bits per heavy atom. The number of hydrogen-bond acceptors (Lipinski definition) is 2. The summed E-state index contributed by atoms with van der Waals surface area (Å²) in [5.74, 6) is -0.360. The zero-order valence-electron chi connectivity index (χ0n) is 14.8. The predicted molar refractivity (Wildman–Crippen MR) is 110 cm³/mol. The van der Waals surface area contributed by atoms with Crippen LogP contribution in [0.3, 0.4) is 0 Å². The molecule has 27 heavy (non-hydrogen) atoms. The number of aromatic nitrogens is 1. The standard InChI is InChI=1S/C23H18ClNO2/c1-2-27-23(26)22-20(14-21(25-22)16-9-11-19(24)12-10-16)18-8-7-15-5-3-4-6-17(15)13-18/h3-14,25H,2H2,1H3. The number of carbonyl (C=O) groups is 1. The first-order valence-corrected chi connectivity index (χ1v) is 9.19. The van der Waals surface area contributed by atoms with Crippen LogP contribution in [0, 0.1) is 0 Å². The van der Waals surface area contributed by atoms with Gasteiger partial charge in [0.25, 0.3) is 0 Å². The van der Waals surface area contributed by atoms with Crippen LogP contribution in [0.15, 0.2) is 72.8 Å². The molecule has 0 aliphatic heterocycles. The van der Waals surface area contributed by atoms with Crippen molar-refractivity contribution in [1.82, 2.24) is 4.98 Å². The molecule has 0 spiro atoms. The molecule has 0 atom stereocenters. The lowest BCUT2D eigenvalue weighted by Gasteiger charge is -2.05. The summed E-state index contributed by atoms with van der Waals surface area (Å²) in [6, 6.07) is 23.8. The number of benzene rings is 3. The molecule has 134 valence electrons. The van der Waals surface area contributed by atoms with Crippen molar-refractivity contribution in [1.29, 1.82) is 0 Å². The Labute approximate surface area is 162 Å². The highest BCUT2D eigenvalue weighted by atomic mass is 35.5. The molecule has 0 unspecified atom stereocenters. The van der Waals surface area contributed by atoms with E-state index in [9.17, 15) is 4.79 Å². The van der Waals surface area contributed by atoms with E-state index in [1.54, 1.807) is 6.92 Å². The van der Waals surface area contributed by atoms with Crippen molar-refractivity contribution in [2.24, 2.45) is 0 Å². The molecular formula is C23H18ClNO2. The number of carbonyl (C=O) groups excluding carboxylic acids is 1. The van der Waals surface area contributed by atoms with E-state index in [1.165, 1.54) is 0 Å². The van der Waals surface area contributed by atoms with Crippen molar-refractivity contribution in [3.05, 3.63) is 83.5 Å². The van der Waals surface area contributed by atoms with Gasteiger partial charge in [-0.2, -0.15) is 0 Å². The zero-order valence-corrected chi connectivity index (χ0v) is 15.6. The van der Waals surface area contributed by atoms with E-state index in [2.05, 4.69) is 29.2 Å². The van der Waals surface area contributed by atoms with E-state index in [0.29, 0.717) is 17.3 Å². The Morgan fingerprint density at radius 1 is 0.926 bits per heavy atom. The monoisotopic (exact) mass is 375 g/mol. The molecule has 4 aromatic rings. The summed E-state index contributed by atoms with van der Waals surface area (Å²) >= 11 is 5.99. The first-order valence-electron chi connectivity index (χ1n) is 8.81. The average molecular weight is 376 g/mol. The van der Waals surface area contributed by atoms with E-state index < -0.39 is 0 Å². The zero-order chi connectivity index (χ0) is 18.8. The molecule has 0 amide bonds. The summed E-state index contributed by atoms with van der Waals surface area (Å²) in [6.45, 7) is 2.13. The maximum Gasteiger partial charge on any atom is 0.355 e. The number of ether oxygens (including phenoxy) is 1. The van der Waals surface area contributed by atoms with Crippen LogP contribution in [0.5, 0.6) is 0 Å². The number of halogens is 1. The Kier molecular flexibility index (Phi) is 4.69. The second-order valence-electron chi connectivity index (χ2n) is 6.26. The molecule has 1 N–H and O–H groups in total. The first-order chi connectivity index (χ1) is 13.2. The van der Waals surface area contributed by atoms with Gasteiger partial charge in [0.1, 0.15) is 5.69 Å². The van der Waals surface area contributed by atoms with E-state index in [1.807, 2.05) is 48.5 Å². The fraction of sp³-hybridized carbons (Fsp3) is 0.0870. The van der Waals surface area contributed by atoms with Gasteiger partial charge in [0.05, 0.1) is 6.61 Å². The van der Waals surface area contributed by atoms with Gasteiger partial charge in [0, 0.05) is 16.3 Å². The number of nitrogens with one attached hydrogen (secondary N) is 1. The van der Waals surface area contributed by atoms with Gasteiger partial charge in [-0.05, 0) is 53.1 Å². The van der Waals surface area contributed by atoms with Gasteiger partial charge in [-0.15, -0.1) is 0 Å². The van der Waals surface area contributed by atoms with E-state index in [4.69, 9.17) is 16.3 Å². The van der Waals surface area contributed by atoms with E-state index >= 15 is 0 Å². The van der Waals surface area contributed by atoms with Crippen LogP contribution in [-0.2, 0) is 4.74 Å². The number of hydrogen-bond donors (Lipinski definition) is 1. The van der Waals surface area contributed by atoms with E-state index in [0.717, 1.165) is 33.2 Å². The topological polar surface area (TPSA) is 42.1 Å². The molecule has 0 aliphatic rings. The molecule has 4 rings (SSSR count). The van der Waals surface area contributed by atoms with Gasteiger partial charge >= 0.3 is 5.97 Å². The van der Waals surface area contributed by atoms with Crippen LogP contribution < -0.4 is 0 Å². The third-order valence-electron chi connectivity index (χ3n) is 4.51. The minimum Gasteiger partial charge on any atom is -0.461 e. The summed E-state index contributed by atoms with van der Waals surface area (Å²) < 4.78 is 5.25. The normalized spacial score (nSPS) is 10.9. The SMILES string of the molecule is CCOC(=O)c1[nH]c(-c2ccc(Cl)cc2)cc1-c1ccc2ccccc2c1. The fourth-order valence-corrected chi connectivity index (χ4v) is 3.31. The summed E-state index contributed by atoms with van der Waals surface area (Å²) in [5, 5.41) is 2.96. The second kappa shape index (κ2) is 7.29. The van der Waals surface area contributed by atoms with Gasteiger partial charge in [-0.1, -0.05) is 60.1 Å². The molecule has 0 aliphatic carbocycles. The first kappa shape index (κ1) is 17.4. The summed E-state index contributed by atoms with van der Waals surface area (Å²) in [5.41, 5.74) is 4.05. The largest absolute Gasteiger partial charge is 0.461 e. The number of fused-ring (bicyclic) bond motifs is 1. The molecule has 0 radical (unpaired) electrons. The van der Waals surface area contributed by atoms with Crippen LogP contribution in [0.1, 0.15) is 17.4 Å². The van der Waals surface area contributed by atoms with Crippen molar-refractivity contribution in [2.75, 3.05) is 6.61 Å². The second-order valence-corrected chi connectivity index (χ2v) is 6.70. The number of aromatic amines is 1. The Balaban J connectivity index is 1.86. The van der Waals surface area contributed by atoms with Crippen molar-refractivity contribution >= 4 is 28.3 Å². The minimum absolute atomic E-state index is 0.325. The molecule has 0 saturated carbocycles. The van der Waals surface area contributed by atoms with Crippen molar-refractivity contribution in [3.8, 4) is 22.4 Å². The lowest BCUT2D eigenvalue weighted by molar-refractivity contribution is 0.0521. The molecule has 1 heterocycles. The third-order valence-corrected chi connectivity index (χ3v) is 4.76. The van der Waals surface area contributed by atoms with Gasteiger partial charge in [0.15, 0.2) is 0 Å². The fourth-order valence-electron chi connectivity index (χ4n) is 3.19. The van der Waals surface area contributed by atoms with Crippen LogP contribution >= 0.6 is 11.6 Å². The number of H-pyrrole nitrogens is 1. The molecule has 1 aromatic heterocycles. The Bertz CT molecular complexity index is 1110. The van der Waals surface area contributed by atoms with Gasteiger partial charge in [-0.25, -0.2) is 4.79 Å². The van der Waals surface area contributed by atoms with Gasteiger partial charge in [-0.3, -0.25) is 0 Å². The highest BCUT2D eigenvalue weighted by molar-refractivity contribution is 6.30. The van der Waals surface area contributed by atoms with Crippen LogP contribution in [0.2, 0.25) is 5.02 Å². The molecule has 3 nitrogen and oxygen atoms in total. The van der Waals surface area contributed by atoms with Crippen LogP contribution in [0.25, 0.3) is 33.2 Å². The number of rotatable bonds is 4. The smallest absolute Gasteiger partial charge is 0.355 e. The summed E-state index contributed by atoms with van der Waals surface area (Å²) in [7, 11) is 0. The minimum atomic E-state index is -0.360. The van der Waals surface area contributed by atoms with Crippen molar-refractivity contribution in [3.63, 3.8) is 0 Å². The average Bonchev–Trinajstić information content (AvgIpc) is 3.14. The van der Waals surface area contributed by atoms with Crippen LogP contribution in [-0.4, -0.2) is 17.6 Å². The third kappa shape index (κ3) is 3.46. The van der Waals surface area contributed by atoms with Crippen molar-refractivity contribution < 1.29 is 9.53 Å². The lowest BCUT2D eigenvalue weighted by Crippen LogP contribution is -2.06. The van der Waals surface area contributed by atoms with Crippen molar-refractivity contribution in [2.45, 2.75) is 6.92 Å². The molecule has 0 fully saturated rings. The molecule has 4 heteroatoms. The Morgan fingerprint density at radius 3 is 2.37 bits per heavy atom. The quantitative estimate of drug-likeness (QED) is 0.423. The Hall–Kier alpha value is -3.04. The van der Waals surface area contributed by atoms with E-state index in [-0.39, 0.29) is 5.97 Å². The predicted octanol–water partition coefficient (Wildman–Crippen LogP) is 6.33. The van der Waals surface area contributed by atoms with Crippen LogP contribution in [0.4, 0.5) is 0 Å². The van der Waals surface area contributed by atoms with Gasteiger partial charge < -0.3 is 9.72 Å². The number of esters is 1. The maximum absolute atomic E-state index is 12.5. The summed E-state index contributed by atoms with van der Waals surface area (Å²) in [4.78, 5) is 15.8. The lowest BCUT2D eigenvalue weighted by atomic mass is 10.0. The van der Waals surface area contributed by atoms with Gasteiger partial charge in [0.2, 0.25) is 0 Å². The molecule has 0 saturated heterocycles. The molecule has 0 bridgehead atoms. The maximum atomic E-state index is 12.5. The highest BCUT2D eigenvalue weighted by Crippen LogP contribution is 2.32.